The Morgan fingerprint density at radius 2 is 1.81 bits per heavy atom. The lowest BCUT2D eigenvalue weighted by Gasteiger charge is -2.27. The molecule has 0 bridgehead atoms. The first-order valence-electron chi connectivity index (χ1n) is 9.59. The normalized spacial score (nSPS) is 15.9. The molecule has 0 saturated heterocycles. The lowest BCUT2D eigenvalue weighted by molar-refractivity contribution is -0.137. The largest absolute Gasteiger partial charge is 0.416 e. The van der Waals surface area contributed by atoms with Crippen molar-refractivity contribution in [1.29, 1.82) is 0 Å². The van der Waals surface area contributed by atoms with Crippen LogP contribution in [0.2, 0.25) is 0 Å². The fourth-order valence-corrected chi connectivity index (χ4v) is 4.56. The summed E-state index contributed by atoms with van der Waals surface area (Å²) in [6.45, 7) is 0. The van der Waals surface area contributed by atoms with Crippen molar-refractivity contribution in [2.45, 2.75) is 29.4 Å². The summed E-state index contributed by atoms with van der Waals surface area (Å²) in [4.78, 5) is 29.3. The van der Waals surface area contributed by atoms with Crippen molar-refractivity contribution < 1.29 is 22.4 Å². The Balaban J connectivity index is 1.70. The zero-order valence-electron chi connectivity index (χ0n) is 16.7. The first-order chi connectivity index (χ1) is 15.1. The zero-order chi connectivity index (χ0) is 23.0. The van der Waals surface area contributed by atoms with E-state index in [4.69, 9.17) is 0 Å². The second-order valence-electron chi connectivity index (χ2n) is 7.33. The van der Waals surface area contributed by atoms with Gasteiger partial charge in [0.15, 0.2) is 5.16 Å². The minimum absolute atomic E-state index is 0.0863. The van der Waals surface area contributed by atoms with Crippen LogP contribution in [0.5, 0.6) is 0 Å². The average Bonchev–Trinajstić information content (AvgIpc) is 2.75. The topological polar surface area (TPSA) is 64.0 Å². The van der Waals surface area contributed by atoms with Crippen LogP contribution < -0.4 is 10.9 Å². The molecule has 1 aromatic heterocycles. The highest BCUT2D eigenvalue weighted by atomic mass is 32.2. The molecular weight excluding hydrogens is 446 g/mol. The minimum Gasteiger partial charge on any atom is -0.312 e. The third kappa shape index (κ3) is 4.27. The van der Waals surface area contributed by atoms with Gasteiger partial charge in [-0.3, -0.25) is 9.59 Å². The molecular formula is C22H17F4N3O2S. The molecule has 3 aromatic rings. The molecule has 1 amide bonds. The number of nitrogens with one attached hydrogen (secondary N) is 1. The molecule has 2 aromatic carbocycles. The van der Waals surface area contributed by atoms with Gasteiger partial charge < -0.3 is 9.88 Å². The van der Waals surface area contributed by atoms with Gasteiger partial charge in [-0.15, -0.1) is 0 Å². The summed E-state index contributed by atoms with van der Waals surface area (Å²) in [5.41, 5.74) is -0.329. The number of halogens is 4. The predicted molar refractivity (Wildman–Crippen MR) is 112 cm³/mol. The van der Waals surface area contributed by atoms with E-state index in [0.717, 1.165) is 23.9 Å². The van der Waals surface area contributed by atoms with Gasteiger partial charge >= 0.3 is 6.18 Å². The number of nitrogens with zero attached hydrogens (tertiary/aromatic N) is 2. The Morgan fingerprint density at radius 1 is 1.12 bits per heavy atom. The number of carbonyl (C=O) groups is 1. The van der Waals surface area contributed by atoms with Gasteiger partial charge in [0, 0.05) is 25.1 Å². The summed E-state index contributed by atoms with van der Waals surface area (Å²) in [5, 5.41) is 2.95. The quantitative estimate of drug-likeness (QED) is 0.346. The van der Waals surface area contributed by atoms with E-state index in [1.54, 1.807) is 25.2 Å². The van der Waals surface area contributed by atoms with Crippen molar-refractivity contribution >= 4 is 23.5 Å². The predicted octanol–water partition coefficient (Wildman–Crippen LogP) is 4.70. The van der Waals surface area contributed by atoms with E-state index < -0.39 is 23.2 Å². The van der Waals surface area contributed by atoms with Crippen LogP contribution in [0.15, 0.2) is 58.5 Å². The van der Waals surface area contributed by atoms with Crippen molar-refractivity contribution in [1.82, 2.24) is 9.55 Å². The number of aromatic nitrogens is 2. The van der Waals surface area contributed by atoms with E-state index in [2.05, 4.69) is 10.3 Å². The third-order valence-corrected chi connectivity index (χ3v) is 6.33. The van der Waals surface area contributed by atoms with Crippen LogP contribution in [0.4, 0.5) is 23.4 Å². The molecule has 0 fully saturated rings. The SMILES string of the molecule is Cn1c(SCc2ccccc2F)nc(=O)c2c1NC(=O)CC2c1ccc(C(F)(F)F)cc1. The number of amides is 1. The molecule has 32 heavy (non-hydrogen) atoms. The van der Waals surface area contributed by atoms with Gasteiger partial charge in [0.2, 0.25) is 5.91 Å². The van der Waals surface area contributed by atoms with Crippen molar-refractivity contribution in [3.8, 4) is 0 Å². The monoisotopic (exact) mass is 463 g/mol. The van der Waals surface area contributed by atoms with E-state index in [1.165, 1.54) is 22.8 Å². The fourth-order valence-electron chi connectivity index (χ4n) is 3.61. The first kappa shape index (κ1) is 22.1. The first-order valence-corrected chi connectivity index (χ1v) is 10.6. The minimum atomic E-state index is -4.48. The molecule has 4 rings (SSSR count). The zero-order valence-corrected chi connectivity index (χ0v) is 17.6. The van der Waals surface area contributed by atoms with E-state index in [1.807, 2.05) is 0 Å². The molecule has 1 aliphatic heterocycles. The molecule has 10 heteroatoms. The van der Waals surface area contributed by atoms with E-state index in [9.17, 15) is 27.2 Å². The maximum atomic E-state index is 13.9. The molecule has 5 nitrogen and oxygen atoms in total. The fraction of sp³-hybridized carbons (Fsp3) is 0.227. The van der Waals surface area contributed by atoms with Crippen LogP contribution in [0, 0.1) is 5.82 Å². The highest BCUT2D eigenvalue weighted by molar-refractivity contribution is 7.98. The van der Waals surface area contributed by atoms with Crippen LogP contribution in [0.1, 0.15) is 34.6 Å². The van der Waals surface area contributed by atoms with Crippen molar-refractivity contribution in [3.05, 3.63) is 87.0 Å². The molecule has 1 N–H and O–H groups in total. The van der Waals surface area contributed by atoms with Crippen LogP contribution in [-0.2, 0) is 23.8 Å². The van der Waals surface area contributed by atoms with E-state index in [-0.39, 0.29) is 40.4 Å². The van der Waals surface area contributed by atoms with E-state index in [0.29, 0.717) is 11.1 Å². The molecule has 1 unspecified atom stereocenters. The number of hydrogen-bond donors (Lipinski definition) is 1. The molecule has 0 spiro atoms. The van der Waals surface area contributed by atoms with E-state index >= 15 is 0 Å². The third-order valence-electron chi connectivity index (χ3n) is 5.26. The molecule has 2 heterocycles. The molecule has 1 atom stereocenters. The number of benzene rings is 2. The molecule has 1 aliphatic rings. The number of fused-ring (bicyclic) bond motifs is 1. The second-order valence-corrected chi connectivity index (χ2v) is 8.27. The maximum absolute atomic E-state index is 13.9. The van der Waals surface area contributed by atoms with Crippen molar-refractivity contribution in [2.75, 3.05) is 5.32 Å². The van der Waals surface area contributed by atoms with Crippen LogP contribution in [0.3, 0.4) is 0 Å². The van der Waals surface area contributed by atoms with Gasteiger partial charge in [0.25, 0.3) is 5.56 Å². The van der Waals surface area contributed by atoms with Gasteiger partial charge in [-0.25, -0.2) is 4.39 Å². The number of alkyl halides is 3. The van der Waals surface area contributed by atoms with Gasteiger partial charge in [-0.05, 0) is 29.3 Å². The molecule has 0 saturated carbocycles. The Hall–Kier alpha value is -3.14. The number of thioether (sulfide) groups is 1. The second kappa shape index (κ2) is 8.42. The molecule has 0 radical (unpaired) electrons. The van der Waals surface area contributed by atoms with Gasteiger partial charge in [-0.2, -0.15) is 18.2 Å². The standard InChI is InChI=1S/C22H17F4N3O2S/c1-29-19-18(20(31)28-21(29)32-11-13-4-2-3-5-16(13)23)15(10-17(30)27-19)12-6-8-14(9-7-12)22(24,25)26/h2-9,15H,10-11H2,1H3,(H,27,30). The Morgan fingerprint density at radius 3 is 2.47 bits per heavy atom. The Bertz CT molecular complexity index is 1240. The number of anilines is 1. The lowest BCUT2D eigenvalue weighted by atomic mass is 9.86. The number of carbonyl (C=O) groups excluding carboxylic acids is 1. The average molecular weight is 463 g/mol. The summed E-state index contributed by atoms with van der Waals surface area (Å²) < 4.78 is 54.1. The lowest BCUT2D eigenvalue weighted by Crippen LogP contribution is -2.33. The summed E-state index contributed by atoms with van der Waals surface area (Å²) >= 11 is 1.14. The number of rotatable bonds is 4. The smallest absolute Gasteiger partial charge is 0.312 e. The van der Waals surface area contributed by atoms with Crippen molar-refractivity contribution in [2.24, 2.45) is 7.05 Å². The summed E-state index contributed by atoms with van der Waals surface area (Å²) in [7, 11) is 1.62. The van der Waals surface area contributed by atoms with Crippen LogP contribution in [-0.4, -0.2) is 15.5 Å². The van der Waals surface area contributed by atoms with Crippen LogP contribution in [0.25, 0.3) is 0 Å². The highest BCUT2D eigenvalue weighted by Gasteiger charge is 2.34. The summed E-state index contributed by atoms with van der Waals surface area (Å²) in [5.74, 6) is -1.01. The Kier molecular flexibility index (Phi) is 5.81. The summed E-state index contributed by atoms with van der Waals surface area (Å²) in [6.07, 6.45) is -4.57. The van der Waals surface area contributed by atoms with Gasteiger partial charge in [0.1, 0.15) is 11.6 Å². The molecule has 0 aliphatic carbocycles. The molecule has 166 valence electrons. The van der Waals surface area contributed by atoms with Gasteiger partial charge in [-0.1, -0.05) is 42.1 Å². The van der Waals surface area contributed by atoms with Gasteiger partial charge in [0.05, 0.1) is 11.1 Å². The highest BCUT2D eigenvalue weighted by Crippen LogP contribution is 2.37. The Labute approximate surface area is 184 Å². The summed E-state index contributed by atoms with van der Waals surface area (Å²) in [6, 6.07) is 10.6. The van der Waals surface area contributed by atoms with Crippen molar-refractivity contribution in [3.63, 3.8) is 0 Å². The van der Waals surface area contributed by atoms with Crippen LogP contribution >= 0.6 is 11.8 Å². The maximum Gasteiger partial charge on any atom is 0.416 e. The number of hydrogen-bond acceptors (Lipinski definition) is 4.